The van der Waals surface area contributed by atoms with E-state index in [1.165, 1.54) is 83.1 Å². The van der Waals surface area contributed by atoms with E-state index in [1.54, 1.807) is 6.26 Å². The Balaban J connectivity index is 0.000000917. The first-order chi connectivity index (χ1) is 21.8. The van der Waals surface area contributed by atoms with E-state index in [0.717, 1.165) is 31.6 Å². The largest absolute Gasteiger partial charge is 0.183 e. The number of allylic oxidation sites excluding steroid dienone is 15. The van der Waals surface area contributed by atoms with E-state index in [4.69, 9.17) is 0 Å². The fourth-order valence-electron chi connectivity index (χ4n) is 5.97. The van der Waals surface area contributed by atoms with Gasteiger partial charge in [-0.2, -0.15) is 12.6 Å². The summed E-state index contributed by atoms with van der Waals surface area (Å²) in [4.78, 5) is 0. The molecule has 1 fully saturated rings. The molecule has 45 heavy (non-hydrogen) atoms. The van der Waals surface area contributed by atoms with E-state index in [-0.39, 0.29) is 5.41 Å². The molecule has 1 aromatic rings. The second-order valence-corrected chi connectivity index (χ2v) is 12.9. The molecule has 1 saturated carbocycles. The monoisotopic (exact) mass is 622 g/mol. The molecular formula is C44H62S. The van der Waals surface area contributed by atoms with Crippen LogP contribution in [0.1, 0.15) is 122 Å². The van der Waals surface area contributed by atoms with Crippen molar-refractivity contribution in [3.05, 3.63) is 126 Å². The maximum Gasteiger partial charge on any atom is 0.0143 e. The molecular weight excluding hydrogens is 561 g/mol. The van der Waals surface area contributed by atoms with E-state index in [2.05, 4.69) is 152 Å². The average Bonchev–Trinajstić information content (AvgIpc) is 3.84. The summed E-state index contributed by atoms with van der Waals surface area (Å²) in [6, 6.07) is 7.04. The molecule has 0 aromatic heterocycles. The molecule has 0 radical (unpaired) electrons. The van der Waals surface area contributed by atoms with Gasteiger partial charge >= 0.3 is 0 Å². The maximum atomic E-state index is 4.57. The molecule has 4 rings (SSSR count). The van der Waals surface area contributed by atoms with Gasteiger partial charge in [0.05, 0.1) is 0 Å². The Labute approximate surface area is 283 Å². The van der Waals surface area contributed by atoms with Gasteiger partial charge in [0.25, 0.3) is 0 Å². The van der Waals surface area contributed by atoms with Crippen molar-refractivity contribution in [2.75, 3.05) is 6.26 Å². The van der Waals surface area contributed by atoms with Crippen LogP contribution in [0.15, 0.2) is 109 Å². The van der Waals surface area contributed by atoms with Crippen LogP contribution in [0.5, 0.6) is 0 Å². The van der Waals surface area contributed by atoms with E-state index >= 15 is 0 Å². The SMILES string of the molecule is C=C1C=CC2(/C=C/C=C/c3ccc(/C(CCCC)=C4/C=CC=CCC4)c(C(=C)CCCC)c3)CC2/C1=C/C.CCC(C)C.CS. The molecule has 0 nitrogen and oxygen atoms in total. The van der Waals surface area contributed by atoms with Crippen molar-refractivity contribution >= 4 is 29.9 Å². The highest BCUT2D eigenvalue weighted by Crippen LogP contribution is 2.62. The Kier molecular flexibility index (Phi) is 17.4. The van der Waals surface area contributed by atoms with Gasteiger partial charge in [0.15, 0.2) is 0 Å². The summed E-state index contributed by atoms with van der Waals surface area (Å²) in [6.45, 7) is 22.1. The van der Waals surface area contributed by atoms with Crippen molar-refractivity contribution in [1.29, 1.82) is 0 Å². The van der Waals surface area contributed by atoms with Gasteiger partial charge in [-0.25, -0.2) is 0 Å². The van der Waals surface area contributed by atoms with Crippen LogP contribution in [0.4, 0.5) is 0 Å². The van der Waals surface area contributed by atoms with E-state index in [0.29, 0.717) is 5.92 Å². The van der Waals surface area contributed by atoms with Gasteiger partial charge in [0, 0.05) is 5.41 Å². The van der Waals surface area contributed by atoms with E-state index in [1.807, 2.05) is 0 Å². The minimum Gasteiger partial charge on any atom is -0.183 e. The first kappa shape index (κ1) is 38.4. The summed E-state index contributed by atoms with van der Waals surface area (Å²) in [7, 11) is 0. The second-order valence-electron chi connectivity index (χ2n) is 12.9. The highest BCUT2D eigenvalue weighted by Gasteiger charge is 2.53. The summed E-state index contributed by atoms with van der Waals surface area (Å²) < 4.78 is 0. The lowest BCUT2D eigenvalue weighted by Crippen LogP contribution is -2.04. The Hall–Kier alpha value is -2.77. The fraction of sp³-hybridized carbons (Fsp3) is 0.455. The quantitative estimate of drug-likeness (QED) is 0.174. The molecule has 3 aliphatic rings. The zero-order valence-corrected chi connectivity index (χ0v) is 30.6. The highest BCUT2D eigenvalue weighted by molar-refractivity contribution is 7.79. The van der Waals surface area contributed by atoms with E-state index in [9.17, 15) is 0 Å². The minimum absolute atomic E-state index is 0.193. The third-order valence-corrected chi connectivity index (χ3v) is 9.20. The van der Waals surface area contributed by atoms with Gasteiger partial charge in [-0.3, -0.25) is 0 Å². The lowest BCUT2D eigenvalue weighted by atomic mass is 9.85. The van der Waals surface area contributed by atoms with Crippen molar-refractivity contribution < 1.29 is 0 Å². The van der Waals surface area contributed by atoms with Crippen LogP contribution in [0.25, 0.3) is 17.2 Å². The molecule has 0 bridgehead atoms. The predicted octanol–water partition coefficient (Wildman–Crippen LogP) is 14.0. The van der Waals surface area contributed by atoms with Gasteiger partial charge in [0.1, 0.15) is 0 Å². The van der Waals surface area contributed by atoms with Crippen LogP contribution in [0.3, 0.4) is 0 Å². The molecule has 0 amide bonds. The van der Waals surface area contributed by atoms with Crippen molar-refractivity contribution in [2.45, 2.75) is 106 Å². The van der Waals surface area contributed by atoms with Gasteiger partial charge in [-0.05, 0) is 121 Å². The molecule has 0 heterocycles. The second kappa shape index (κ2) is 20.4. The zero-order valence-electron chi connectivity index (χ0n) is 29.7. The number of benzene rings is 1. The average molecular weight is 623 g/mol. The van der Waals surface area contributed by atoms with Crippen LogP contribution in [0, 0.1) is 17.3 Å². The third kappa shape index (κ3) is 11.5. The Morgan fingerprint density at radius 1 is 1.00 bits per heavy atom. The summed E-state index contributed by atoms with van der Waals surface area (Å²) in [5.74, 6) is 1.49. The molecule has 2 unspecified atom stereocenters. The van der Waals surface area contributed by atoms with Crippen molar-refractivity contribution in [3.8, 4) is 0 Å². The Bertz CT molecular complexity index is 1320. The normalized spacial score (nSPS) is 22.2. The topological polar surface area (TPSA) is 0 Å². The lowest BCUT2D eigenvalue weighted by Gasteiger charge is -2.19. The van der Waals surface area contributed by atoms with Gasteiger partial charge in [-0.15, -0.1) is 0 Å². The standard InChI is InChI=1S/C38H46.C5H12.CH4S/c1-6-9-17-29(4)36-27-31(18-15-16-25-38-26-24-30(5)33(8-3)37(38)28-38)22-23-35(36)34(21-10-7-2)32-19-13-11-12-14-20-32;1-4-5(2)3;1-2/h8,11-13,15-16,18-19,22-27,37H,4-7,9-10,14,17,20-21,28H2,1-3H3;5H,4H2,1-3H3;2H,1H3/b18-15+,25-16+,33-8+,34-32-;;. The zero-order chi connectivity index (χ0) is 33.2. The highest BCUT2D eigenvalue weighted by atomic mass is 32.1. The van der Waals surface area contributed by atoms with Gasteiger partial charge < -0.3 is 0 Å². The molecule has 0 spiro atoms. The van der Waals surface area contributed by atoms with Crippen molar-refractivity contribution in [2.24, 2.45) is 17.3 Å². The summed E-state index contributed by atoms with van der Waals surface area (Å²) in [5.41, 5.74) is 11.0. The molecule has 244 valence electrons. The van der Waals surface area contributed by atoms with Crippen LogP contribution < -0.4 is 0 Å². The summed E-state index contributed by atoms with van der Waals surface area (Å²) in [6.07, 6.45) is 38.3. The number of rotatable bonds is 12. The molecule has 1 aromatic carbocycles. The summed E-state index contributed by atoms with van der Waals surface area (Å²) >= 11 is 3.53. The number of unbranched alkanes of at least 4 members (excludes halogenated alkanes) is 2. The fourth-order valence-corrected chi connectivity index (χ4v) is 5.97. The molecule has 3 aliphatic carbocycles. The smallest absolute Gasteiger partial charge is 0.0143 e. The third-order valence-electron chi connectivity index (χ3n) is 9.20. The van der Waals surface area contributed by atoms with Crippen molar-refractivity contribution in [1.82, 2.24) is 0 Å². The number of hydrogen-bond donors (Lipinski definition) is 1. The minimum atomic E-state index is 0.193. The van der Waals surface area contributed by atoms with Crippen LogP contribution in [-0.4, -0.2) is 6.26 Å². The van der Waals surface area contributed by atoms with Crippen LogP contribution in [-0.2, 0) is 0 Å². The van der Waals surface area contributed by atoms with Crippen molar-refractivity contribution in [3.63, 3.8) is 0 Å². The number of fused-ring (bicyclic) bond motifs is 1. The molecule has 0 N–H and O–H groups in total. The van der Waals surface area contributed by atoms with Gasteiger partial charge in [0.2, 0.25) is 0 Å². The van der Waals surface area contributed by atoms with Crippen LogP contribution >= 0.6 is 12.6 Å². The molecule has 0 saturated heterocycles. The Morgan fingerprint density at radius 3 is 2.38 bits per heavy atom. The lowest BCUT2D eigenvalue weighted by molar-refractivity contribution is 0.626. The molecule has 0 aliphatic heterocycles. The number of thiol groups is 1. The van der Waals surface area contributed by atoms with Gasteiger partial charge in [-0.1, -0.05) is 146 Å². The predicted molar refractivity (Wildman–Crippen MR) is 210 cm³/mol. The molecule has 1 heteroatoms. The number of hydrogen-bond acceptors (Lipinski definition) is 1. The molecule has 2 atom stereocenters. The Morgan fingerprint density at radius 2 is 1.71 bits per heavy atom. The summed E-state index contributed by atoms with van der Waals surface area (Å²) in [5, 5.41) is 0. The van der Waals surface area contributed by atoms with E-state index < -0.39 is 0 Å². The first-order valence-corrected chi connectivity index (χ1v) is 18.4. The first-order valence-electron chi connectivity index (χ1n) is 17.5. The van der Waals surface area contributed by atoms with Crippen LogP contribution in [0.2, 0.25) is 0 Å². The maximum absolute atomic E-state index is 4.57.